The first-order valence-electron chi connectivity index (χ1n) is 4.32. The molecule has 0 bridgehead atoms. The number of phenolic OH excluding ortho intramolecular Hbond substituents is 1. The van der Waals surface area contributed by atoms with Crippen LogP contribution in [0.25, 0.3) is 0 Å². The summed E-state index contributed by atoms with van der Waals surface area (Å²) in [5.74, 6) is 2.88. The maximum Gasteiger partial charge on any atom is 0.120 e. The van der Waals surface area contributed by atoms with Gasteiger partial charge in [-0.15, -0.1) is 6.42 Å². The van der Waals surface area contributed by atoms with Crippen molar-refractivity contribution in [2.45, 2.75) is 26.7 Å². The first-order valence-corrected chi connectivity index (χ1v) is 4.32. The van der Waals surface area contributed by atoms with Crippen LogP contribution in [0, 0.1) is 26.2 Å². The standard InChI is InChI=1S/C12H14O/c1-5-8(2)11-6-9(3)10(4)7-12(11)13/h1,6-8,13H,2-4H3. The summed E-state index contributed by atoms with van der Waals surface area (Å²) >= 11 is 0. The predicted molar refractivity (Wildman–Crippen MR) is 54.8 cm³/mol. The van der Waals surface area contributed by atoms with Crippen molar-refractivity contribution in [3.05, 3.63) is 28.8 Å². The number of benzene rings is 1. The second-order valence-electron chi connectivity index (χ2n) is 3.38. The topological polar surface area (TPSA) is 20.2 Å². The molecule has 0 heterocycles. The molecular weight excluding hydrogens is 160 g/mol. The second-order valence-corrected chi connectivity index (χ2v) is 3.38. The number of hydrogen-bond acceptors (Lipinski definition) is 1. The highest BCUT2D eigenvalue weighted by atomic mass is 16.3. The zero-order valence-electron chi connectivity index (χ0n) is 8.26. The molecule has 1 rings (SSSR count). The molecule has 1 heteroatoms. The fourth-order valence-electron chi connectivity index (χ4n) is 1.26. The van der Waals surface area contributed by atoms with E-state index in [0.717, 1.165) is 16.7 Å². The molecule has 0 amide bonds. The largest absolute Gasteiger partial charge is 0.508 e. The van der Waals surface area contributed by atoms with Gasteiger partial charge in [-0.05, 0) is 38.0 Å². The zero-order valence-corrected chi connectivity index (χ0v) is 8.26. The Kier molecular flexibility index (Phi) is 2.63. The molecule has 13 heavy (non-hydrogen) atoms. The van der Waals surface area contributed by atoms with E-state index in [2.05, 4.69) is 5.92 Å². The minimum atomic E-state index is -0.0284. The molecule has 0 aliphatic heterocycles. The van der Waals surface area contributed by atoms with E-state index in [1.54, 1.807) is 6.07 Å². The van der Waals surface area contributed by atoms with Crippen molar-refractivity contribution in [2.75, 3.05) is 0 Å². The average molecular weight is 174 g/mol. The highest BCUT2D eigenvalue weighted by molar-refractivity contribution is 5.44. The summed E-state index contributed by atoms with van der Waals surface area (Å²) in [4.78, 5) is 0. The molecule has 0 saturated carbocycles. The van der Waals surface area contributed by atoms with Crippen LogP contribution >= 0.6 is 0 Å². The van der Waals surface area contributed by atoms with Crippen molar-refractivity contribution in [3.63, 3.8) is 0 Å². The maximum atomic E-state index is 9.62. The van der Waals surface area contributed by atoms with E-state index in [-0.39, 0.29) is 5.92 Å². The Balaban J connectivity index is 3.25. The van der Waals surface area contributed by atoms with Gasteiger partial charge in [0.2, 0.25) is 0 Å². The summed E-state index contributed by atoms with van der Waals surface area (Å²) in [6.07, 6.45) is 5.30. The van der Waals surface area contributed by atoms with Crippen LogP contribution in [0.1, 0.15) is 29.5 Å². The summed E-state index contributed by atoms with van der Waals surface area (Å²) in [6, 6.07) is 3.72. The fraction of sp³-hybridized carbons (Fsp3) is 0.333. The molecular formula is C12H14O. The van der Waals surface area contributed by atoms with Crippen LogP contribution < -0.4 is 0 Å². The van der Waals surface area contributed by atoms with Crippen molar-refractivity contribution < 1.29 is 5.11 Å². The van der Waals surface area contributed by atoms with Crippen LogP contribution in [0.4, 0.5) is 0 Å². The second kappa shape index (κ2) is 3.53. The third kappa shape index (κ3) is 1.84. The predicted octanol–water partition coefficient (Wildman–Crippen LogP) is 2.75. The molecule has 1 aromatic carbocycles. The van der Waals surface area contributed by atoms with Crippen LogP contribution in [0.15, 0.2) is 12.1 Å². The minimum Gasteiger partial charge on any atom is -0.508 e. The van der Waals surface area contributed by atoms with Crippen LogP contribution in [0.2, 0.25) is 0 Å². The smallest absolute Gasteiger partial charge is 0.120 e. The summed E-state index contributed by atoms with van der Waals surface area (Å²) in [6.45, 7) is 5.89. The number of aromatic hydroxyl groups is 1. The summed E-state index contributed by atoms with van der Waals surface area (Å²) < 4.78 is 0. The Hall–Kier alpha value is -1.42. The first-order chi connectivity index (χ1) is 6.06. The first kappa shape index (κ1) is 9.67. The molecule has 1 unspecified atom stereocenters. The molecule has 0 aliphatic carbocycles. The van der Waals surface area contributed by atoms with Gasteiger partial charge in [0.25, 0.3) is 0 Å². The van der Waals surface area contributed by atoms with E-state index in [0.29, 0.717) is 5.75 Å². The van der Waals surface area contributed by atoms with Gasteiger partial charge >= 0.3 is 0 Å². The lowest BCUT2D eigenvalue weighted by molar-refractivity contribution is 0.466. The summed E-state index contributed by atoms with van der Waals surface area (Å²) in [7, 11) is 0. The highest BCUT2D eigenvalue weighted by Crippen LogP contribution is 2.27. The van der Waals surface area contributed by atoms with E-state index in [4.69, 9.17) is 6.42 Å². The molecule has 1 atom stereocenters. The number of terminal acetylenes is 1. The van der Waals surface area contributed by atoms with E-state index in [9.17, 15) is 5.11 Å². The van der Waals surface area contributed by atoms with Crippen LogP contribution in [-0.4, -0.2) is 5.11 Å². The number of phenols is 1. The monoisotopic (exact) mass is 174 g/mol. The van der Waals surface area contributed by atoms with Crippen LogP contribution in [0.3, 0.4) is 0 Å². The van der Waals surface area contributed by atoms with E-state index in [1.165, 1.54) is 0 Å². The quantitative estimate of drug-likeness (QED) is 0.649. The molecule has 1 aromatic rings. The molecule has 0 spiro atoms. The normalized spacial score (nSPS) is 12.2. The molecule has 0 radical (unpaired) electrons. The van der Waals surface area contributed by atoms with Gasteiger partial charge in [0.1, 0.15) is 5.75 Å². The Morgan fingerprint density at radius 3 is 2.38 bits per heavy atom. The lowest BCUT2D eigenvalue weighted by Gasteiger charge is -2.10. The van der Waals surface area contributed by atoms with Crippen molar-refractivity contribution >= 4 is 0 Å². The fourth-order valence-corrected chi connectivity index (χ4v) is 1.26. The van der Waals surface area contributed by atoms with Gasteiger partial charge in [-0.1, -0.05) is 12.0 Å². The van der Waals surface area contributed by atoms with Crippen molar-refractivity contribution in [2.24, 2.45) is 0 Å². The van der Waals surface area contributed by atoms with E-state index < -0.39 is 0 Å². The number of rotatable bonds is 1. The summed E-state index contributed by atoms with van der Waals surface area (Å²) in [5, 5.41) is 9.62. The summed E-state index contributed by atoms with van der Waals surface area (Å²) in [5.41, 5.74) is 3.09. The number of hydrogen-bond donors (Lipinski definition) is 1. The molecule has 0 aliphatic rings. The SMILES string of the molecule is C#CC(C)c1cc(C)c(C)cc1O. The van der Waals surface area contributed by atoms with Gasteiger partial charge in [0, 0.05) is 11.5 Å². The minimum absolute atomic E-state index is 0.0284. The Morgan fingerprint density at radius 1 is 1.31 bits per heavy atom. The lowest BCUT2D eigenvalue weighted by Crippen LogP contribution is -1.93. The average Bonchev–Trinajstić information content (AvgIpc) is 2.10. The van der Waals surface area contributed by atoms with Crippen molar-refractivity contribution in [1.29, 1.82) is 0 Å². The molecule has 0 fully saturated rings. The molecule has 0 aromatic heterocycles. The Labute approximate surface area is 79.4 Å². The highest BCUT2D eigenvalue weighted by Gasteiger charge is 2.08. The van der Waals surface area contributed by atoms with Crippen molar-refractivity contribution in [1.82, 2.24) is 0 Å². The third-order valence-corrected chi connectivity index (χ3v) is 2.36. The maximum absolute atomic E-state index is 9.62. The lowest BCUT2D eigenvalue weighted by atomic mass is 9.96. The number of aryl methyl sites for hydroxylation is 2. The van der Waals surface area contributed by atoms with Gasteiger partial charge in [0.15, 0.2) is 0 Å². The third-order valence-electron chi connectivity index (χ3n) is 2.36. The van der Waals surface area contributed by atoms with Crippen molar-refractivity contribution in [3.8, 4) is 18.1 Å². The molecule has 0 saturated heterocycles. The van der Waals surface area contributed by atoms with Gasteiger partial charge in [-0.2, -0.15) is 0 Å². The van der Waals surface area contributed by atoms with Gasteiger partial charge in [0.05, 0.1) is 0 Å². The molecule has 1 nitrogen and oxygen atoms in total. The van der Waals surface area contributed by atoms with Crippen LogP contribution in [0.5, 0.6) is 5.75 Å². The Morgan fingerprint density at radius 2 is 1.85 bits per heavy atom. The Bertz CT molecular complexity index is 358. The van der Waals surface area contributed by atoms with E-state index >= 15 is 0 Å². The van der Waals surface area contributed by atoms with Gasteiger partial charge < -0.3 is 5.11 Å². The van der Waals surface area contributed by atoms with Crippen LogP contribution in [-0.2, 0) is 0 Å². The van der Waals surface area contributed by atoms with Gasteiger partial charge in [-0.25, -0.2) is 0 Å². The van der Waals surface area contributed by atoms with E-state index in [1.807, 2.05) is 26.8 Å². The molecule has 1 N–H and O–H groups in total. The molecule has 68 valence electrons. The van der Waals surface area contributed by atoms with Gasteiger partial charge in [-0.3, -0.25) is 0 Å². The zero-order chi connectivity index (χ0) is 10.0.